The van der Waals surface area contributed by atoms with Crippen molar-refractivity contribution in [3.63, 3.8) is 0 Å². The lowest BCUT2D eigenvalue weighted by molar-refractivity contribution is -0.138. The van der Waals surface area contributed by atoms with E-state index < -0.39 is 37.1 Å². The Morgan fingerprint density at radius 2 is 1.79 bits per heavy atom. The summed E-state index contributed by atoms with van der Waals surface area (Å²) in [7, 11) is 0. The number of para-hydroxylation sites is 1. The summed E-state index contributed by atoms with van der Waals surface area (Å²) in [4.78, 5) is 13.1. The van der Waals surface area contributed by atoms with Gasteiger partial charge in [0.1, 0.15) is 29.1 Å². The Morgan fingerprint density at radius 1 is 1.09 bits per heavy atom. The Kier molecular flexibility index (Phi) is 7.73. The van der Waals surface area contributed by atoms with Crippen molar-refractivity contribution in [2.75, 3.05) is 17.2 Å². The quantitative estimate of drug-likeness (QED) is 0.313. The molecule has 33 heavy (non-hydrogen) atoms. The lowest BCUT2D eigenvalue weighted by atomic mass is 10.0. The summed E-state index contributed by atoms with van der Waals surface area (Å²) < 4.78 is 40.1. The third-order valence-corrected chi connectivity index (χ3v) is 6.24. The molecule has 0 saturated carbocycles. The third-order valence-electron chi connectivity index (χ3n) is 5.19. The zero-order valence-corrected chi connectivity index (χ0v) is 19.1. The molecule has 180 valence electrons. The number of aryl methyl sites for hydroxylation is 1. The Bertz CT molecular complexity index is 1060. The van der Waals surface area contributed by atoms with Crippen LogP contribution in [0.4, 0.5) is 24.9 Å². The highest BCUT2D eigenvalue weighted by Crippen LogP contribution is 2.37. The molecule has 0 amide bonds. The average Bonchev–Trinajstić information content (AvgIpc) is 3.18. The van der Waals surface area contributed by atoms with Crippen LogP contribution in [0, 0.1) is 6.92 Å². The molecule has 0 radical (unpaired) electrons. The van der Waals surface area contributed by atoms with Gasteiger partial charge in [-0.2, -0.15) is 18.2 Å². The zero-order valence-electron chi connectivity index (χ0n) is 18.3. The van der Waals surface area contributed by atoms with E-state index in [-0.39, 0.29) is 11.8 Å². The van der Waals surface area contributed by atoms with Crippen LogP contribution in [0.3, 0.4) is 0 Å². The van der Waals surface area contributed by atoms with Gasteiger partial charge in [-0.15, -0.1) is 11.3 Å². The fourth-order valence-electron chi connectivity index (χ4n) is 3.23. The molecule has 0 spiro atoms. The van der Waals surface area contributed by atoms with Crippen molar-refractivity contribution >= 4 is 33.3 Å². The molecule has 0 bridgehead atoms. The lowest BCUT2D eigenvalue weighted by Crippen LogP contribution is -2.43. The second-order valence-corrected chi connectivity index (χ2v) is 8.68. The summed E-state index contributed by atoms with van der Waals surface area (Å²) in [5.74, 6) is -0.0776. The summed E-state index contributed by atoms with van der Waals surface area (Å²) in [6.07, 6.45) is -6.91. The molecule has 0 aliphatic carbocycles. The number of hydrogen-bond donors (Lipinski definition) is 5. The number of fused-ring (bicyclic) bond motifs is 1. The fourth-order valence-corrected chi connectivity index (χ4v) is 4.30. The SMILES string of the molecule is CCC(Nc1nc(NC(C)C(F)(F)F)nc(C)c1-c1nc2ccccc2s1)C(O)C(O)CO. The van der Waals surface area contributed by atoms with E-state index in [0.717, 1.165) is 17.1 Å². The largest absolute Gasteiger partial charge is 0.408 e. The van der Waals surface area contributed by atoms with Crippen molar-refractivity contribution in [2.24, 2.45) is 0 Å². The minimum Gasteiger partial charge on any atom is -0.394 e. The average molecular weight is 486 g/mol. The number of benzene rings is 1. The van der Waals surface area contributed by atoms with Gasteiger partial charge in [-0.25, -0.2) is 9.97 Å². The minimum absolute atomic E-state index is 0.162. The number of aliphatic hydroxyl groups is 3. The van der Waals surface area contributed by atoms with E-state index in [9.17, 15) is 28.5 Å². The second-order valence-electron chi connectivity index (χ2n) is 7.65. The van der Waals surface area contributed by atoms with Gasteiger partial charge < -0.3 is 26.0 Å². The van der Waals surface area contributed by atoms with Gasteiger partial charge in [-0.05, 0) is 32.4 Å². The lowest BCUT2D eigenvalue weighted by Gasteiger charge is -2.27. The molecule has 4 atom stereocenters. The zero-order chi connectivity index (χ0) is 24.3. The number of thiazole rings is 1. The van der Waals surface area contributed by atoms with Crippen molar-refractivity contribution < 1.29 is 28.5 Å². The molecule has 0 aliphatic rings. The van der Waals surface area contributed by atoms with E-state index in [4.69, 9.17) is 0 Å². The molecule has 0 aliphatic heterocycles. The second kappa shape index (κ2) is 10.2. The first kappa shape index (κ1) is 25.1. The van der Waals surface area contributed by atoms with Gasteiger partial charge in [0.2, 0.25) is 5.95 Å². The van der Waals surface area contributed by atoms with Crippen LogP contribution in [0.25, 0.3) is 20.8 Å². The Balaban J connectivity index is 2.08. The predicted octanol–water partition coefficient (Wildman–Crippen LogP) is 3.33. The van der Waals surface area contributed by atoms with Gasteiger partial charge in [0, 0.05) is 0 Å². The molecule has 0 fully saturated rings. The number of aliphatic hydroxyl groups excluding tert-OH is 3. The van der Waals surface area contributed by atoms with Gasteiger partial charge >= 0.3 is 6.18 Å². The van der Waals surface area contributed by atoms with Crippen LogP contribution in [-0.4, -0.2) is 67.3 Å². The number of nitrogens with one attached hydrogen (secondary N) is 2. The maximum absolute atomic E-state index is 13.1. The Hall–Kier alpha value is -2.54. The molecule has 5 N–H and O–H groups in total. The number of rotatable bonds is 9. The molecule has 0 saturated heterocycles. The summed E-state index contributed by atoms with van der Waals surface area (Å²) in [5.41, 5.74) is 1.61. The maximum atomic E-state index is 13.1. The smallest absolute Gasteiger partial charge is 0.394 e. The monoisotopic (exact) mass is 485 g/mol. The van der Waals surface area contributed by atoms with Crippen molar-refractivity contribution in [3.8, 4) is 10.6 Å². The van der Waals surface area contributed by atoms with Gasteiger partial charge in [-0.1, -0.05) is 19.1 Å². The van der Waals surface area contributed by atoms with Crippen LogP contribution in [0.15, 0.2) is 24.3 Å². The minimum atomic E-state index is -4.50. The van der Waals surface area contributed by atoms with Crippen molar-refractivity contribution in [1.82, 2.24) is 15.0 Å². The summed E-state index contributed by atoms with van der Waals surface area (Å²) in [6.45, 7) is 3.70. The third kappa shape index (κ3) is 5.69. The van der Waals surface area contributed by atoms with Crippen LogP contribution in [0.1, 0.15) is 26.0 Å². The van der Waals surface area contributed by atoms with Gasteiger partial charge in [0.25, 0.3) is 0 Å². The summed E-state index contributed by atoms with van der Waals surface area (Å²) >= 11 is 1.37. The molecule has 3 aromatic rings. The van der Waals surface area contributed by atoms with Crippen LogP contribution in [0.2, 0.25) is 0 Å². The molecule has 8 nitrogen and oxygen atoms in total. The standard InChI is InChI=1S/C21H26F3N5O3S/c1-4-12(17(32)14(31)9-30)27-18-16(19-28-13-7-5-6-8-15(13)33-19)10(2)25-20(29-18)26-11(3)21(22,23)24/h5-8,11-12,14,17,30-32H,4,9H2,1-3H3,(H2,25,26,27,29). The molecule has 12 heteroatoms. The molecule has 4 unspecified atom stereocenters. The van der Waals surface area contributed by atoms with E-state index in [1.165, 1.54) is 11.3 Å². The molecule has 1 aromatic carbocycles. The predicted molar refractivity (Wildman–Crippen MR) is 121 cm³/mol. The number of alkyl halides is 3. The highest BCUT2D eigenvalue weighted by molar-refractivity contribution is 7.21. The maximum Gasteiger partial charge on any atom is 0.408 e. The van der Waals surface area contributed by atoms with E-state index in [1.54, 1.807) is 13.8 Å². The van der Waals surface area contributed by atoms with Crippen molar-refractivity contribution in [1.29, 1.82) is 0 Å². The van der Waals surface area contributed by atoms with Gasteiger partial charge in [-0.3, -0.25) is 0 Å². The molecular weight excluding hydrogens is 459 g/mol. The van der Waals surface area contributed by atoms with Gasteiger partial charge in [0.15, 0.2) is 0 Å². The van der Waals surface area contributed by atoms with E-state index in [0.29, 0.717) is 22.7 Å². The Labute approximate surface area is 192 Å². The molecular formula is C21H26F3N5O3S. The number of halogens is 3. The van der Waals surface area contributed by atoms with Crippen LogP contribution < -0.4 is 10.6 Å². The molecule has 2 aromatic heterocycles. The van der Waals surface area contributed by atoms with E-state index >= 15 is 0 Å². The highest BCUT2D eigenvalue weighted by atomic mass is 32.1. The highest BCUT2D eigenvalue weighted by Gasteiger charge is 2.37. The van der Waals surface area contributed by atoms with Crippen molar-refractivity contribution in [3.05, 3.63) is 30.0 Å². The molecule has 3 rings (SSSR count). The molecule has 2 heterocycles. The van der Waals surface area contributed by atoms with Crippen molar-refractivity contribution in [2.45, 2.75) is 57.7 Å². The van der Waals surface area contributed by atoms with Gasteiger partial charge in [0.05, 0.1) is 34.1 Å². The number of hydrogen-bond acceptors (Lipinski definition) is 9. The first-order valence-electron chi connectivity index (χ1n) is 10.4. The number of anilines is 2. The summed E-state index contributed by atoms with van der Waals surface area (Å²) in [5, 5.41) is 35.3. The first-order chi connectivity index (χ1) is 15.5. The van der Waals surface area contributed by atoms with E-state index in [2.05, 4.69) is 25.6 Å². The Morgan fingerprint density at radius 3 is 2.39 bits per heavy atom. The first-order valence-corrected chi connectivity index (χ1v) is 11.2. The van der Waals surface area contributed by atoms with Crippen LogP contribution >= 0.6 is 11.3 Å². The summed E-state index contributed by atoms with van der Waals surface area (Å²) in [6, 6.07) is 4.83. The topological polar surface area (TPSA) is 123 Å². The normalized spacial score (nSPS) is 15.8. The van der Waals surface area contributed by atoms with E-state index in [1.807, 2.05) is 24.3 Å². The fraction of sp³-hybridized carbons (Fsp3) is 0.476. The van der Waals surface area contributed by atoms with Crippen LogP contribution in [-0.2, 0) is 0 Å². The number of aromatic nitrogens is 3. The number of nitrogens with zero attached hydrogens (tertiary/aromatic N) is 3. The van der Waals surface area contributed by atoms with Crippen LogP contribution in [0.5, 0.6) is 0 Å².